The minimum Gasteiger partial charge on any atom is -0.482 e. The highest BCUT2D eigenvalue weighted by molar-refractivity contribution is 6.55. The van der Waals surface area contributed by atoms with Gasteiger partial charge in [0.1, 0.15) is 28.2 Å². The van der Waals surface area contributed by atoms with E-state index in [1.807, 2.05) is 0 Å². The van der Waals surface area contributed by atoms with Crippen LogP contribution < -0.4 is 4.74 Å². The summed E-state index contributed by atoms with van der Waals surface area (Å²) in [7, 11) is 0. The van der Waals surface area contributed by atoms with Gasteiger partial charge in [-0.25, -0.2) is 0 Å². The smallest absolute Gasteiger partial charge is 0.187 e. The minimum absolute atomic E-state index is 0.0120. The molecule has 9 heteroatoms. The van der Waals surface area contributed by atoms with Crippen LogP contribution in [0.15, 0.2) is 47.2 Å². The largest absolute Gasteiger partial charge is 0.482 e. The third kappa shape index (κ3) is 4.65. The Hall–Kier alpha value is -1.69. The van der Waals surface area contributed by atoms with E-state index in [-0.39, 0.29) is 43.3 Å². The van der Waals surface area contributed by atoms with Crippen molar-refractivity contribution in [2.45, 2.75) is 6.61 Å². The zero-order valence-corrected chi connectivity index (χ0v) is 17.7. The van der Waals surface area contributed by atoms with Crippen molar-refractivity contribution in [3.63, 3.8) is 0 Å². The Bertz CT molecular complexity index is 1020. The first-order chi connectivity index (χ1) is 13.4. The molecule has 0 amide bonds. The summed E-state index contributed by atoms with van der Waals surface area (Å²) in [6, 6.07) is 6.75. The molecule has 144 valence electrons. The summed E-state index contributed by atoms with van der Waals surface area (Å²) in [4.78, 5) is 16.0. The number of benzene rings is 1. The molecular formula is C19H10Cl5NO3. The Morgan fingerprint density at radius 2 is 1.68 bits per heavy atom. The van der Waals surface area contributed by atoms with Gasteiger partial charge in [-0.1, -0.05) is 58.0 Å². The van der Waals surface area contributed by atoms with Gasteiger partial charge in [0, 0.05) is 18.0 Å². The highest BCUT2D eigenvalue weighted by Gasteiger charge is 2.20. The number of carbonyl (C=O) groups excluding carboxylic acids is 1. The quantitative estimate of drug-likeness (QED) is 0.160. The lowest BCUT2D eigenvalue weighted by Gasteiger charge is -2.12. The number of allylic oxidation sites excluding steroid dienone is 1. The summed E-state index contributed by atoms with van der Waals surface area (Å²) in [5, 5.41) is 0.244. The Morgan fingerprint density at radius 3 is 2.32 bits per heavy atom. The Balaban J connectivity index is 1.69. The van der Waals surface area contributed by atoms with Crippen molar-refractivity contribution in [2.75, 3.05) is 0 Å². The molecule has 0 N–H and O–H groups in total. The number of rotatable bonds is 6. The fraction of sp³-hybridized carbons (Fsp3) is 0.0526. The van der Waals surface area contributed by atoms with Crippen molar-refractivity contribution in [3.05, 3.63) is 84.9 Å². The first-order valence-electron chi connectivity index (χ1n) is 7.74. The van der Waals surface area contributed by atoms with Crippen LogP contribution in [-0.4, -0.2) is 10.8 Å². The predicted octanol–water partition coefficient (Wildman–Crippen LogP) is 7.42. The standard InChI is InChI=1S/C19H10Cl5NO3/c20-14-15(21)17(23)19(18(24)16(14)22)27-9-12-4-3-11(28-12)5-6-13(26)10-2-1-7-25-8-10/h1-8H,9H2/b6-5+. The maximum Gasteiger partial charge on any atom is 0.187 e. The molecule has 0 atom stereocenters. The number of pyridine rings is 1. The molecule has 0 saturated heterocycles. The molecule has 0 unspecified atom stereocenters. The highest BCUT2D eigenvalue weighted by Crippen LogP contribution is 2.48. The van der Waals surface area contributed by atoms with E-state index in [1.54, 1.807) is 36.5 Å². The van der Waals surface area contributed by atoms with Crippen LogP contribution >= 0.6 is 58.0 Å². The molecule has 1 aromatic carbocycles. The van der Waals surface area contributed by atoms with Crippen molar-refractivity contribution >= 4 is 69.9 Å². The van der Waals surface area contributed by atoms with Gasteiger partial charge in [0.15, 0.2) is 11.5 Å². The number of nitrogens with zero attached hydrogens (tertiary/aromatic N) is 1. The molecule has 28 heavy (non-hydrogen) atoms. The molecule has 3 rings (SSSR count). The summed E-state index contributed by atoms with van der Waals surface area (Å²) >= 11 is 30.2. The van der Waals surface area contributed by atoms with Gasteiger partial charge in [-0.05, 0) is 36.4 Å². The van der Waals surface area contributed by atoms with Crippen LogP contribution in [0.5, 0.6) is 5.75 Å². The van der Waals surface area contributed by atoms with Crippen LogP contribution in [0.25, 0.3) is 6.08 Å². The Morgan fingerprint density at radius 1 is 1.00 bits per heavy atom. The van der Waals surface area contributed by atoms with E-state index in [1.165, 1.54) is 12.3 Å². The number of aromatic nitrogens is 1. The number of halogens is 5. The second kappa shape index (κ2) is 9.21. The monoisotopic (exact) mass is 475 g/mol. The molecule has 0 bridgehead atoms. The van der Waals surface area contributed by atoms with Gasteiger partial charge in [-0.2, -0.15) is 0 Å². The van der Waals surface area contributed by atoms with Gasteiger partial charge in [0.25, 0.3) is 0 Å². The molecule has 0 aliphatic carbocycles. The van der Waals surface area contributed by atoms with Crippen molar-refractivity contribution in [1.29, 1.82) is 0 Å². The van der Waals surface area contributed by atoms with Gasteiger partial charge < -0.3 is 9.15 Å². The topological polar surface area (TPSA) is 52.3 Å². The molecule has 0 spiro atoms. The summed E-state index contributed by atoms with van der Waals surface area (Å²) in [6.45, 7) is 0.0120. The molecule has 0 radical (unpaired) electrons. The van der Waals surface area contributed by atoms with E-state index in [9.17, 15) is 4.79 Å². The van der Waals surface area contributed by atoms with E-state index in [0.29, 0.717) is 17.1 Å². The summed E-state index contributed by atoms with van der Waals surface area (Å²) in [5.74, 6) is 0.859. The fourth-order valence-electron chi connectivity index (χ4n) is 2.18. The van der Waals surface area contributed by atoms with Crippen molar-refractivity contribution in [1.82, 2.24) is 4.98 Å². The second-order valence-corrected chi connectivity index (χ2v) is 7.32. The molecule has 2 heterocycles. The van der Waals surface area contributed by atoms with Gasteiger partial charge in [-0.15, -0.1) is 0 Å². The van der Waals surface area contributed by atoms with Crippen LogP contribution in [0.1, 0.15) is 21.9 Å². The summed E-state index contributed by atoms with van der Waals surface area (Å²) in [6.07, 6.45) is 6.03. The molecule has 0 fully saturated rings. The van der Waals surface area contributed by atoms with Gasteiger partial charge in [-0.3, -0.25) is 9.78 Å². The van der Waals surface area contributed by atoms with Gasteiger partial charge >= 0.3 is 0 Å². The maximum absolute atomic E-state index is 12.0. The zero-order chi connectivity index (χ0) is 20.3. The van der Waals surface area contributed by atoms with Crippen LogP contribution in [0.4, 0.5) is 0 Å². The van der Waals surface area contributed by atoms with Gasteiger partial charge in [0.05, 0.1) is 15.1 Å². The van der Waals surface area contributed by atoms with E-state index in [0.717, 1.165) is 0 Å². The van der Waals surface area contributed by atoms with Crippen molar-refractivity contribution in [2.24, 2.45) is 0 Å². The molecule has 0 aliphatic heterocycles. The lowest BCUT2D eigenvalue weighted by molar-refractivity contribution is 0.104. The second-order valence-electron chi connectivity index (χ2n) is 5.43. The van der Waals surface area contributed by atoms with Crippen LogP contribution in [-0.2, 0) is 6.61 Å². The summed E-state index contributed by atoms with van der Waals surface area (Å²) < 4.78 is 11.2. The first-order valence-corrected chi connectivity index (χ1v) is 9.63. The number of hydrogen-bond acceptors (Lipinski definition) is 4. The number of ether oxygens (including phenoxy) is 1. The average Bonchev–Trinajstić information content (AvgIpc) is 3.17. The van der Waals surface area contributed by atoms with Crippen molar-refractivity contribution in [3.8, 4) is 5.75 Å². The van der Waals surface area contributed by atoms with E-state index in [4.69, 9.17) is 67.2 Å². The minimum atomic E-state index is -0.189. The highest BCUT2D eigenvalue weighted by atomic mass is 35.5. The predicted molar refractivity (Wildman–Crippen MR) is 112 cm³/mol. The number of carbonyl (C=O) groups is 1. The lowest BCUT2D eigenvalue weighted by atomic mass is 10.2. The number of ketones is 1. The first kappa shape index (κ1) is 21.0. The number of hydrogen-bond donors (Lipinski definition) is 0. The third-order valence-electron chi connectivity index (χ3n) is 3.56. The number of furan rings is 1. The van der Waals surface area contributed by atoms with Crippen molar-refractivity contribution < 1.29 is 13.9 Å². The summed E-state index contributed by atoms with van der Waals surface area (Å²) in [5.41, 5.74) is 0.481. The van der Waals surface area contributed by atoms with E-state index < -0.39 is 0 Å². The third-order valence-corrected chi connectivity index (χ3v) is 5.80. The molecule has 3 aromatic rings. The zero-order valence-electron chi connectivity index (χ0n) is 13.9. The Kier molecular flexibility index (Phi) is 6.91. The molecule has 0 aliphatic rings. The average molecular weight is 478 g/mol. The molecule has 4 nitrogen and oxygen atoms in total. The maximum atomic E-state index is 12.0. The van der Waals surface area contributed by atoms with Crippen LogP contribution in [0.3, 0.4) is 0 Å². The van der Waals surface area contributed by atoms with Gasteiger partial charge in [0.2, 0.25) is 0 Å². The molecule has 2 aromatic heterocycles. The van der Waals surface area contributed by atoms with Crippen LogP contribution in [0, 0.1) is 0 Å². The SMILES string of the molecule is O=C(/C=C/c1ccc(COc2c(Cl)c(Cl)c(Cl)c(Cl)c2Cl)o1)c1cccnc1. The lowest BCUT2D eigenvalue weighted by Crippen LogP contribution is -1.96. The molecular weight excluding hydrogens is 467 g/mol. The van der Waals surface area contributed by atoms with E-state index in [2.05, 4.69) is 4.98 Å². The normalized spacial score (nSPS) is 11.2. The Labute approximate surface area is 185 Å². The van der Waals surface area contributed by atoms with E-state index >= 15 is 0 Å². The van der Waals surface area contributed by atoms with Crippen LogP contribution in [0.2, 0.25) is 25.1 Å². The molecule has 0 saturated carbocycles. The fourth-order valence-corrected chi connectivity index (χ4v) is 3.41.